The lowest BCUT2D eigenvalue weighted by Gasteiger charge is -2.28. The largest absolute Gasteiger partial charge is 0.388 e. The molecule has 0 aromatic carbocycles. The molecule has 0 aromatic rings. The van der Waals surface area contributed by atoms with E-state index >= 15 is 0 Å². The first-order valence-electron chi connectivity index (χ1n) is 4.21. The quantitative estimate of drug-likeness (QED) is 0.619. The van der Waals surface area contributed by atoms with Crippen molar-refractivity contribution in [2.75, 3.05) is 0 Å². The van der Waals surface area contributed by atoms with Gasteiger partial charge in [-0.1, -0.05) is 26.3 Å². The van der Waals surface area contributed by atoms with Crippen LogP contribution in [0.25, 0.3) is 0 Å². The van der Waals surface area contributed by atoms with Crippen molar-refractivity contribution in [3.63, 3.8) is 0 Å². The molecular formula is C9H17N. The fourth-order valence-electron chi connectivity index (χ4n) is 1.72. The second-order valence-corrected chi connectivity index (χ2v) is 3.24. The van der Waals surface area contributed by atoms with Crippen molar-refractivity contribution in [2.45, 2.75) is 38.6 Å². The Labute approximate surface area is 63.5 Å². The normalized spacial score (nSPS) is 33.3. The fraction of sp³-hybridized carbons (Fsp3) is 0.778. The molecule has 2 unspecified atom stereocenters. The fourth-order valence-corrected chi connectivity index (χ4v) is 1.72. The van der Waals surface area contributed by atoms with E-state index in [0.29, 0.717) is 6.04 Å². The molecule has 0 bridgehead atoms. The van der Waals surface area contributed by atoms with Crippen LogP contribution >= 0.6 is 0 Å². The van der Waals surface area contributed by atoms with E-state index in [4.69, 9.17) is 0 Å². The van der Waals surface area contributed by atoms with Crippen LogP contribution in [0.2, 0.25) is 0 Å². The van der Waals surface area contributed by atoms with Crippen LogP contribution in [0.4, 0.5) is 0 Å². The van der Waals surface area contributed by atoms with Gasteiger partial charge in [0.1, 0.15) is 0 Å². The molecule has 58 valence electrons. The average Bonchev–Trinajstić information content (AvgIpc) is 1.94. The van der Waals surface area contributed by atoms with E-state index in [0.717, 1.165) is 5.92 Å². The molecule has 1 aliphatic carbocycles. The van der Waals surface area contributed by atoms with E-state index < -0.39 is 0 Å². The zero-order valence-electron chi connectivity index (χ0n) is 6.77. The summed E-state index contributed by atoms with van der Waals surface area (Å²) in [6, 6.07) is 0.700. The molecule has 1 nitrogen and oxygen atoms in total. The molecule has 2 atom stereocenters. The van der Waals surface area contributed by atoms with Crippen LogP contribution < -0.4 is 5.32 Å². The maximum Gasteiger partial charge on any atom is 0.0281 e. The van der Waals surface area contributed by atoms with Gasteiger partial charge in [0.25, 0.3) is 0 Å². The second-order valence-electron chi connectivity index (χ2n) is 3.24. The van der Waals surface area contributed by atoms with Gasteiger partial charge in [0, 0.05) is 6.04 Å². The van der Waals surface area contributed by atoms with Crippen LogP contribution in [-0.2, 0) is 0 Å². The lowest BCUT2D eigenvalue weighted by atomic mass is 9.86. The van der Waals surface area contributed by atoms with Crippen molar-refractivity contribution in [3.05, 3.63) is 12.8 Å². The molecule has 1 saturated carbocycles. The third-order valence-corrected chi connectivity index (χ3v) is 2.44. The van der Waals surface area contributed by atoms with Crippen LogP contribution in [0.15, 0.2) is 12.8 Å². The Balaban J connectivity index is 2.32. The molecule has 0 radical (unpaired) electrons. The molecule has 1 N–H and O–H groups in total. The van der Waals surface area contributed by atoms with Crippen molar-refractivity contribution in [3.8, 4) is 0 Å². The highest BCUT2D eigenvalue weighted by atomic mass is 14.9. The molecule has 1 heteroatoms. The zero-order valence-corrected chi connectivity index (χ0v) is 6.77. The number of rotatable bonds is 2. The highest BCUT2D eigenvalue weighted by Crippen LogP contribution is 2.23. The second kappa shape index (κ2) is 3.65. The molecule has 0 amide bonds. The lowest BCUT2D eigenvalue weighted by molar-refractivity contribution is 0.302. The van der Waals surface area contributed by atoms with Gasteiger partial charge in [-0.3, -0.25) is 0 Å². The number of hydrogen-bond acceptors (Lipinski definition) is 1. The minimum atomic E-state index is 0.700. The van der Waals surface area contributed by atoms with Crippen molar-refractivity contribution < 1.29 is 0 Å². The molecule has 0 heterocycles. The summed E-state index contributed by atoms with van der Waals surface area (Å²) in [6.07, 6.45) is 7.33. The Bertz CT molecular complexity index is 109. The summed E-state index contributed by atoms with van der Waals surface area (Å²) in [6.45, 7) is 6.00. The van der Waals surface area contributed by atoms with Crippen molar-refractivity contribution in [2.24, 2.45) is 5.92 Å². The van der Waals surface area contributed by atoms with E-state index in [-0.39, 0.29) is 0 Å². The van der Waals surface area contributed by atoms with Crippen molar-refractivity contribution >= 4 is 0 Å². The molecule has 0 aromatic heterocycles. The SMILES string of the molecule is C=CNC1CCCCC1C. The smallest absolute Gasteiger partial charge is 0.0281 e. The van der Waals surface area contributed by atoms with Crippen LogP contribution in [-0.4, -0.2) is 6.04 Å². The summed E-state index contributed by atoms with van der Waals surface area (Å²) >= 11 is 0. The summed E-state index contributed by atoms with van der Waals surface area (Å²) < 4.78 is 0. The summed E-state index contributed by atoms with van der Waals surface area (Å²) in [4.78, 5) is 0. The summed E-state index contributed by atoms with van der Waals surface area (Å²) in [5, 5.41) is 3.30. The van der Waals surface area contributed by atoms with Crippen LogP contribution in [0, 0.1) is 5.92 Å². The molecule has 1 rings (SSSR count). The molecule has 0 aliphatic heterocycles. The Morgan fingerprint density at radius 1 is 1.40 bits per heavy atom. The summed E-state index contributed by atoms with van der Waals surface area (Å²) in [7, 11) is 0. The third-order valence-electron chi connectivity index (χ3n) is 2.44. The number of hydrogen-bond donors (Lipinski definition) is 1. The molecule has 1 aliphatic rings. The summed E-state index contributed by atoms with van der Waals surface area (Å²) in [5.41, 5.74) is 0. The molecular weight excluding hydrogens is 122 g/mol. The van der Waals surface area contributed by atoms with E-state index in [9.17, 15) is 0 Å². The van der Waals surface area contributed by atoms with Crippen molar-refractivity contribution in [1.29, 1.82) is 0 Å². The summed E-state index contributed by atoms with van der Waals surface area (Å²) in [5.74, 6) is 0.840. The Morgan fingerprint density at radius 3 is 2.70 bits per heavy atom. The Hall–Kier alpha value is -0.460. The first-order chi connectivity index (χ1) is 4.84. The van der Waals surface area contributed by atoms with Gasteiger partial charge in [-0.15, -0.1) is 0 Å². The average molecular weight is 139 g/mol. The molecule has 0 saturated heterocycles. The predicted molar refractivity (Wildman–Crippen MR) is 44.8 cm³/mol. The predicted octanol–water partition coefficient (Wildman–Crippen LogP) is 2.30. The van der Waals surface area contributed by atoms with E-state index in [1.807, 2.05) is 6.20 Å². The first-order valence-corrected chi connectivity index (χ1v) is 4.21. The molecule has 1 fully saturated rings. The monoisotopic (exact) mass is 139 g/mol. The van der Waals surface area contributed by atoms with E-state index in [2.05, 4.69) is 18.8 Å². The van der Waals surface area contributed by atoms with Crippen LogP contribution in [0.5, 0.6) is 0 Å². The van der Waals surface area contributed by atoms with E-state index in [1.165, 1.54) is 25.7 Å². The van der Waals surface area contributed by atoms with Gasteiger partial charge in [-0.05, 0) is 25.0 Å². The van der Waals surface area contributed by atoms with Crippen LogP contribution in [0.1, 0.15) is 32.6 Å². The zero-order chi connectivity index (χ0) is 7.40. The van der Waals surface area contributed by atoms with Gasteiger partial charge in [-0.25, -0.2) is 0 Å². The van der Waals surface area contributed by atoms with Crippen LogP contribution in [0.3, 0.4) is 0 Å². The highest BCUT2D eigenvalue weighted by Gasteiger charge is 2.18. The topological polar surface area (TPSA) is 12.0 Å². The van der Waals surface area contributed by atoms with Gasteiger partial charge in [0.15, 0.2) is 0 Å². The van der Waals surface area contributed by atoms with E-state index in [1.54, 1.807) is 0 Å². The van der Waals surface area contributed by atoms with Crippen molar-refractivity contribution in [1.82, 2.24) is 5.32 Å². The minimum Gasteiger partial charge on any atom is -0.388 e. The van der Waals surface area contributed by atoms with Gasteiger partial charge in [-0.2, -0.15) is 0 Å². The van der Waals surface area contributed by atoms with Gasteiger partial charge >= 0.3 is 0 Å². The molecule has 10 heavy (non-hydrogen) atoms. The van der Waals surface area contributed by atoms with Gasteiger partial charge in [0.2, 0.25) is 0 Å². The Morgan fingerprint density at radius 2 is 2.10 bits per heavy atom. The number of nitrogens with one attached hydrogen (secondary N) is 1. The van der Waals surface area contributed by atoms with Gasteiger partial charge in [0.05, 0.1) is 0 Å². The Kier molecular flexibility index (Phi) is 2.79. The third kappa shape index (κ3) is 1.76. The maximum atomic E-state index is 3.68. The van der Waals surface area contributed by atoms with Gasteiger partial charge < -0.3 is 5.32 Å². The maximum absolute atomic E-state index is 3.68. The lowest BCUT2D eigenvalue weighted by Crippen LogP contribution is -2.33. The highest BCUT2D eigenvalue weighted by molar-refractivity contribution is 4.81. The first kappa shape index (κ1) is 7.64. The minimum absolute atomic E-state index is 0.700. The molecule has 0 spiro atoms. The standard InChI is InChI=1S/C9H17N/c1-3-10-9-7-5-4-6-8(9)2/h3,8-10H,1,4-7H2,2H3.